The molecule has 8 nitrogen and oxygen atoms in total. The number of rotatable bonds is 6. The van der Waals surface area contributed by atoms with Crippen molar-refractivity contribution in [3.63, 3.8) is 0 Å². The molecule has 0 aromatic heterocycles. The zero-order valence-electron chi connectivity index (χ0n) is 12.7. The number of primary amides is 1. The third-order valence-corrected chi connectivity index (χ3v) is 5.95. The smallest absolute Gasteiger partial charge is 0.270 e. The van der Waals surface area contributed by atoms with E-state index in [2.05, 4.69) is 0 Å². The van der Waals surface area contributed by atoms with Gasteiger partial charge in [0, 0.05) is 12.1 Å². The highest BCUT2D eigenvalue weighted by Gasteiger charge is 2.30. The molecule has 0 atom stereocenters. The van der Waals surface area contributed by atoms with Gasteiger partial charge in [0.1, 0.15) is 6.54 Å². The van der Waals surface area contributed by atoms with Gasteiger partial charge in [-0.1, -0.05) is 40.9 Å². The van der Waals surface area contributed by atoms with Crippen LogP contribution in [0.2, 0.25) is 15.1 Å². The highest BCUT2D eigenvalue weighted by atomic mass is 35.5. The van der Waals surface area contributed by atoms with Crippen molar-refractivity contribution < 1.29 is 18.1 Å². The van der Waals surface area contributed by atoms with Crippen LogP contribution in [-0.2, 0) is 14.8 Å². The number of benzene rings is 2. The van der Waals surface area contributed by atoms with E-state index in [4.69, 9.17) is 40.5 Å². The summed E-state index contributed by atoms with van der Waals surface area (Å²) in [6, 6.07) is 6.69. The second-order valence-electron chi connectivity index (χ2n) is 4.95. The Kier molecular flexibility index (Phi) is 5.97. The normalized spacial score (nSPS) is 11.2. The number of hydrogen-bond acceptors (Lipinski definition) is 5. The molecule has 12 heteroatoms. The summed E-state index contributed by atoms with van der Waals surface area (Å²) in [4.78, 5) is 21.1. The van der Waals surface area contributed by atoms with E-state index in [-0.39, 0.29) is 20.8 Å². The topological polar surface area (TPSA) is 124 Å². The first-order chi connectivity index (χ1) is 12.0. The lowest BCUT2D eigenvalue weighted by Gasteiger charge is -2.24. The van der Waals surface area contributed by atoms with E-state index >= 15 is 0 Å². The molecule has 0 radical (unpaired) electrons. The van der Waals surface area contributed by atoms with Crippen molar-refractivity contribution in [2.45, 2.75) is 4.90 Å². The fraction of sp³-hybridized carbons (Fsp3) is 0.0714. The molecule has 0 aliphatic carbocycles. The van der Waals surface area contributed by atoms with Crippen LogP contribution < -0.4 is 10.0 Å². The maximum atomic E-state index is 13.0. The number of carbonyl (C=O) groups is 1. The van der Waals surface area contributed by atoms with Crippen molar-refractivity contribution in [1.29, 1.82) is 0 Å². The summed E-state index contributed by atoms with van der Waals surface area (Å²) in [6.07, 6.45) is 0. The maximum Gasteiger partial charge on any atom is 0.270 e. The summed E-state index contributed by atoms with van der Waals surface area (Å²) >= 11 is 17.8. The Hall–Kier alpha value is -2.07. The number of carbonyl (C=O) groups excluding carboxylic acids is 1. The van der Waals surface area contributed by atoms with Crippen LogP contribution in [0.1, 0.15) is 0 Å². The van der Waals surface area contributed by atoms with Crippen molar-refractivity contribution in [2.24, 2.45) is 5.73 Å². The van der Waals surface area contributed by atoms with E-state index in [0.29, 0.717) is 4.31 Å². The zero-order chi connectivity index (χ0) is 19.6. The molecule has 138 valence electrons. The minimum absolute atomic E-state index is 0.00483. The van der Waals surface area contributed by atoms with Gasteiger partial charge in [0.25, 0.3) is 15.7 Å². The largest absolute Gasteiger partial charge is 0.368 e. The number of nitrogens with zero attached hydrogens (tertiary/aromatic N) is 2. The SMILES string of the molecule is NC(=O)CN(c1cc(Cl)c(Cl)cc1Cl)S(=O)(=O)c1cccc([N+](=O)[O-])c1. The summed E-state index contributed by atoms with van der Waals surface area (Å²) in [7, 11) is -4.42. The fourth-order valence-electron chi connectivity index (χ4n) is 2.03. The Morgan fingerprint density at radius 3 is 2.31 bits per heavy atom. The Bertz CT molecular complexity index is 997. The third kappa shape index (κ3) is 4.18. The minimum atomic E-state index is -4.42. The van der Waals surface area contributed by atoms with Gasteiger partial charge >= 0.3 is 0 Å². The van der Waals surface area contributed by atoms with E-state index in [1.165, 1.54) is 12.1 Å². The van der Waals surface area contributed by atoms with Crippen molar-refractivity contribution in [1.82, 2.24) is 0 Å². The summed E-state index contributed by atoms with van der Waals surface area (Å²) < 4.78 is 26.5. The monoisotopic (exact) mass is 437 g/mol. The molecular formula is C14H10Cl3N3O5S. The van der Waals surface area contributed by atoms with Crippen LogP contribution in [0.4, 0.5) is 11.4 Å². The molecule has 2 rings (SSSR count). The van der Waals surface area contributed by atoms with Gasteiger partial charge in [-0.3, -0.25) is 19.2 Å². The molecule has 1 amide bonds. The predicted molar refractivity (Wildman–Crippen MR) is 98.3 cm³/mol. The predicted octanol–water partition coefficient (Wildman–Crippen LogP) is 3.24. The molecule has 0 saturated carbocycles. The summed E-state index contributed by atoms with van der Waals surface area (Å²) in [5.41, 5.74) is 4.56. The number of nitrogens with two attached hydrogens (primary N) is 1. The molecule has 0 heterocycles. The number of amides is 1. The lowest BCUT2D eigenvalue weighted by Crippen LogP contribution is -2.38. The van der Waals surface area contributed by atoms with E-state index in [1.54, 1.807) is 0 Å². The van der Waals surface area contributed by atoms with Crippen molar-refractivity contribution in [3.8, 4) is 0 Å². The van der Waals surface area contributed by atoms with E-state index in [0.717, 1.165) is 24.3 Å². The number of anilines is 1. The molecule has 0 unspecified atom stereocenters. The first-order valence-electron chi connectivity index (χ1n) is 6.74. The Morgan fingerprint density at radius 2 is 1.73 bits per heavy atom. The fourth-order valence-corrected chi connectivity index (χ4v) is 4.20. The van der Waals surface area contributed by atoms with E-state index < -0.39 is 38.0 Å². The highest BCUT2D eigenvalue weighted by Crippen LogP contribution is 2.37. The molecule has 0 aliphatic rings. The average molecular weight is 439 g/mol. The molecule has 0 bridgehead atoms. The van der Waals surface area contributed by atoms with Gasteiger partial charge in [-0.2, -0.15) is 0 Å². The van der Waals surface area contributed by atoms with Crippen LogP contribution in [0.5, 0.6) is 0 Å². The molecule has 26 heavy (non-hydrogen) atoms. The van der Waals surface area contributed by atoms with Crippen molar-refractivity contribution >= 4 is 62.1 Å². The highest BCUT2D eigenvalue weighted by molar-refractivity contribution is 7.92. The number of halogens is 3. The Morgan fingerprint density at radius 1 is 1.12 bits per heavy atom. The van der Waals surface area contributed by atoms with Gasteiger partial charge < -0.3 is 5.73 Å². The number of sulfonamides is 1. The van der Waals surface area contributed by atoms with Gasteiger partial charge in [0.2, 0.25) is 5.91 Å². The summed E-state index contributed by atoms with van der Waals surface area (Å²) in [5.74, 6) is -0.971. The van der Waals surface area contributed by atoms with Crippen molar-refractivity contribution in [3.05, 3.63) is 61.6 Å². The molecule has 0 fully saturated rings. The minimum Gasteiger partial charge on any atom is -0.368 e. The lowest BCUT2D eigenvalue weighted by molar-refractivity contribution is -0.385. The summed E-state index contributed by atoms with van der Waals surface area (Å²) in [6.45, 7) is -0.761. The molecule has 0 saturated heterocycles. The van der Waals surface area contributed by atoms with Gasteiger partial charge in [0.05, 0.1) is 30.6 Å². The van der Waals surface area contributed by atoms with Crippen LogP contribution in [0.3, 0.4) is 0 Å². The van der Waals surface area contributed by atoms with Crippen molar-refractivity contribution in [2.75, 3.05) is 10.8 Å². The van der Waals surface area contributed by atoms with Crippen LogP contribution in [0.25, 0.3) is 0 Å². The first kappa shape index (κ1) is 20.2. The number of non-ortho nitro benzene ring substituents is 1. The van der Waals surface area contributed by atoms with Gasteiger partial charge in [0.15, 0.2) is 0 Å². The van der Waals surface area contributed by atoms with E-state index in [9.17, 15) is 23.3 Å². The Balaban J connectivity index is 2.67. The lowest BCUT2D eigenvalue weighted by atomic mass is 10.3. The average Bonchev–Trinajstić information content (AvgIpc) is 2.56. The van der Waals surface area contributed by atoms with Crippen LogP contribution in [-0.4, -0.2) is 25.8 Å². The first-order valence-corrected chi connectivity index (χ1v) is 9.31. The quantitative estimate of drug-likeness (QED) is 0.421. The molecule has 2 N–H and O–H groups in total. The van der Waals surface area contributed by atoms with Crippen LogP contribution >= 0.6 is 34.8 Å². The number of hydrogen-bond donors (Lipinski definition) is 1. The summed E-state index contributed by atoms with van der Waals surface area (Å²) in [5, 5.41) is 10.9. The van der Waals surface area contributed by atoms with Gasteiger partial charge in [-0.25, -0.2) is 8.42 Å². The standard InChI is InChI=1S/C14H10Cl3N3O5S/c15-10-5-12(17)13(6-11(10)16)19(7-14(18)21)26(24,25)9-3-1-2-8(4-9)20(22)23/h1-6H,7H2,(H2,18,21). The zero-order valence-corrected chi connectivity index (χ0v) is 15.8. The second-order valence-corrected chi connectivity index (χ2v) is 8.03. The number of nitro groups is 1. The molecule has 2 aromatic rings. The Labute approximate surface area is 163 Å². The van der Waals surface area contributed by atoms with Gasteiger partial charge in [-0.15, -0.1) is 0 Å². The van der Waals surface area contributed by atoms with E-state index in [1.807, 2.05) is 0 Å². The molecular weight excluding hydrogens is 429 g/mol. The third-order valence-electron chi connectivity index (χ3n) is 3.17. The molecule has 0 aliphatic heterocycles. The van der Waals surface area contributed by atoms with Gasteiger partial charge in [-0.05, 0) is 18.2 Å². The van der Waals surface area contributed by atoms with Crippen LogP contribution in [0, 0.1) is 10.1 Å². The van der Waals surface area contributed by atoms with Crippen LogP contribution in [0.15, 0.2) is 41.3 Å². The molecule has 0 spiro atoms. The second kappa shape index (κ2) is 7.67. The maximum absolute atomic E-state index is 13.0. The molecule has 2 aromatic carbocycles. The number of nitro benzene ring substituents is 1.